The van der Waals surface area contributed by atoms with Gasteiger partial charge >= 0.3 is 6.18 Å². The zero-order chi connectivity index (χ0) is 18.0. The average Bonchev–Trinajstić information content (AvgIpc) is 2.39. The lowest BCUT2D eigenvalue weighted by molar-refractivity contribution is -0.138. The maximum atomic E-state index is 12.6. The largest absolute Gasteiger partial charge is 0.427 e. The summed E-state index contributed by atoms with van der Waals surface area (Å²) in [4.78, 5) is 15.6. The van der Waals surface area contributed by atoms with Gasteiger partial charge < -0.3 is 5.21 Å². The molecule has 0 aliphatic carbocycles. The lowest BCUT2D eigenvalue weighted by Crippen LogP contribution is -2.23. The van der Waals surface area contributed by atoms with Crippen molar-refractivity contribution in [1.82, 2.24) is 4.73 Å². The van der Waals surface area contributed by atoms with Gasteiger partial charge in [-0.15, -0.1) is 0 Å². The van der Waals surface area contributed by atoms with Crippen LogP contribution in [0.3, 0.4) is 0 Å². The van der Waals surface area contributed by atoms with E-state index < -0.39 is 33.4 Å². The first kappa shape index (κ1) is 18.8. The highest BCUT2D eigenvalue weighted by molar-refractivity contribution is 6.30. The van der Waals surface area contributed by atoms with Crippen LogP contribution >= 0.6 is 11.6 Å². The molecule has 0 spiro atoms. The van der Waals surface area contributed by atoms with Gasteiger partial charge in [-0.1, -0.05) is 32.4 Å². The maximum Gasteiger partial charge on any atom is 0.417 e. The summed E-state index contributed by atoms with van der Waals surface area (Å²) in [6.45, 7) is 4.79. The van der Waals surface area contributed by atoms with Gasteiger partial charge in [0.2, 0.25) is 0 Å². The van der Waals surface area contributed by atoms with Gasteiger partial charge in [-0.05, 0) is 6.07 Å². The highest BCUT2D eigenvalue weighted by Crippen LogP contribution is 2.29. The van der Waals surface area contributed by atoms with E-state index in [4.69, 9.17) is 16.9 Å². The molecule has 1 heterocycles. The topological polar surface area (TPSA) is 78.4 Å². The Morgan fingerprint density at radius 1 is 1.43 bits per heavy atom. The average molecular weight is 348 g/mol. The summed E-state index contributed by atoms with van der Waals surface area (Å²) < 4.78 is 37.8. The van der Waals surface area contributed by atoms with E-state index in [0.29, 0.717) is 12.3 Å². The molecule has 124 valence electrons. The first-order valence-corrected chi connectivity index (χ1v) is 6.63. The van der Waals surface area contributed by atoms with Crippen LogP contribution in [0.5, 0.6) is 0 Å². The number of nitrogens with zero attached hydrogens (tertiary/aromatic N) is 3. The number of carbonyl (C=O) groups is 1. The van der Waals surface area contributed by atoms with Crippen LogP contribution < -0.4 is 5.49 Å². The summed E-state index contributed by atoms with van der Waals surface area (Å²) in [5.41, 5.74) is -2.75. The third kappa shape index (κ3) is 4.60. The van der Waals surface area contributed by atoms with Crippen LogP contribution in [-0.4, -0.2) is 15.7 Å². The second-order valence-electron chi connectivity index (χ2n) is 5.61. The van der Waals surface area contributed by atoms with Crippen molar-refractivity contribution in [3.63, 3.8) is 0 Å². The molecule has 1 rings (SSSR count). The van der Waals surface area contributed by atoms with E-state index in [1.165, 1.54) is 0 Å². The monoisotopic (exact) mass is 347 g/mol. The number of carbonyl (C=O) groups excluding carboxylic acids is 1. The summed E-state index contributed by atoms with van der Waals surface area (Å²) in [6.07, 6.45) is -3.45. The van der Waals surface area contributed by atoms with Crippen LogP contribution in [0, 0.1) is 16.7 Å². The first-order chi connectivity index (χ1) is 10.4. The molecule has 1 aromatic rings. The predicted octanol–water partition coefficient (Wildman–Crippen LogP) is 3.32. The Morgan fingerprint density at radius 3 is 2.39 bits per heavy atom. The van der Waals surface area contributed by atoms with E-state index in [2.05, 4.69) is 4.99 Å². The fourth-order valence-electron chi connectivity index (χ4n) is 1.48. The van der Waals surface area contributed by atoms with Gasteiger partial charge in [0, 0.05) is 5.41 Å². The number of ketones is 1. The molecular formula is C14H13ClF3N3O2. The fraction of sp³-hybridized carbons (Fsp3) is 0.357. The van der Waals surface area contributed by atoms with Crippen LogP contribution in [-0.2, 0) is 11.0 Å². The Morgan fingerprint density at radius 2 is 2.00 bits per heavy atom. The number of aromatic nitrogens is 1. The normalized spacial score (nSPS) is 13.8. The molecular weight excluding hydrogens is 335 g/mol. The minimum absolute atomic E-state index is 0.0816. The highest BCUT2D eigenvalue weighted by Gasteiger charge is 2.32. The van der Waals surface area contributed by atoms with Gasteiger partial charge in [-0.2, -0.15) is 23.2 Å². The van der Waals surface area contributed by atoms with Crippen LogP contribution in [0.4, 0.5) is 13.2 Å². The SMILES string of the molecule is CC(C)(C)C(=O)C(C#N)=CN=c1c(Cl)cc(C(F)(F)F)cn1O. The molecule has 0 aliphatic heterocycles. The molecule has 0 aromatic carbocycles. The van der Waals surface area contributed by atoms with Crippen LogP contribution in [0.1, 0.15) is 26.3 Å². The highest BCUT2D eigenvalue weighted by atomic mass is 35.5. The van der Waals surface area contributed by atoms with Crippen LogP contribution in [0.2, 0.25) is 5.02 Å². The minimum Gasteiger partial charge on any atom is -0.427 e. The van der Waals surface area contributed by atoms with Gasteiger partial charge in [0.05, 0.1) is 23.0 Å². The molecule has 0 radical (unpaired) electrons. The number of pyridine rings is 1. The number of nitriles is 1. The Bertz CT molecular complexity index is 739. The Labute approximate surface area is 134 Å². The molecule has 0 atom stereocenters. The third-order valence-corrected chi connectivity index (χ3v) is 2.94. The molecule has 9 heteroatoms. The summed E-state index contributed by atoms with van der Waals surface area (Å²) in [6, 6.07) is 2.24. The van der Waals surface area contributed by atoms with Gasteiger partial charge in [0.25, 0.3) is 0 Å². The van der Waals surface area contributed by atoms with E-state index in [1.54, 1.807) is 26.8 Å². The van der Waals surface area contributed by atoms with Crippen molar-refractivity contribution in [3.8, 4) is 6.07 Å². The summed E-state index contributed by atoms with van der Waals surface area (Å²) in [7, 11) is 0. The number of halogens is 4. The van der Waals surface area contributed by atoms with Crippen molar-refractivity contribution in [2.45, 2.75) is 26.9 Å². The number of hydrogen-bond acceptors (Lipinski definition) is 4. The zero-order valence-electron chi connectivity index (χ0n) is 12.4. The minimum atomic E-state index is -4.69. The lowest BCUT2D eigenvalue weighted by atomic mass is 9.87. The van der Waals surface area contributed by atoms with Gasteiger partial charge in [-0.3, -0.25) is 4.79 Å². The number of Topliss-reactive ketones (excluding diaryl/α,β-unsaturated/α-hetero) is 1. The fourth-order valence-corrected chi connectivity index (χ4v) is 1.74. The molecule has 5 nitrogen and oxygen atoms in total. The van der Waals surface area contributed by atoms with Crippen LogP contribution in [0.15, 0.2) is 29.0 Å². The molecule has 0 saturated heterocycles. The second-order valence-corrected chi connectivity index (χ2v) is 6.01. The number of hydrogen-bond donors (Lipinski definition) is 1. The molecule has 0 fully saturated rings. The molecule has 1 N–H and O–H groups in total. The van der Waals surface area contributed by atoms with Gasteiger partial charge in [-0.25, -0.2) is 4.99 Å². The van der Waals surface area contributed by atoms with Crippen LogP contribution in [0.25, 0.3) is 0 Å². The van der Waals surface area contributed by atoms with E-state index in [1.807, 2.05) is 0 Å². The second kappa shape index (κ2) is 6.46. The van der Waals surface area contributed by atoms with E-state index in [9.17, 15) is 23.2 Å². The van der Waals surface area contributed by atoms with Gasteiger partial charge in [0.1, 0.15) is 11.6 Å². The maximum absolute atomic E-state index is 12.6. The number of allylic oxidation sites excluding steroid dienone is 1. The molecule has 0 aliphatic rings. The lowest BCUT2D eigenvalue weighted by Gasteiger charge is -2.14. The van der Waals surface area contributed by atoms with Crippen molar-refractivity contribution in [3.05, 3.63) is 40.1 Å². The molecule has 0 bridgehead atoms. The van der Waals surface area contributed by atoms with Crippen molar-refractivity contribution in [1.29, 1.82) is 5.26 Å². The van der Waals surface area contributed by atoms with E-state index >= 15 is 0 Å². The first-order valence-electron chi connectivity index (χ1n) is 6.25. The van der Waals surface area contributed by atoms with E-state index in [-0.39, 0.29) is 10.3 Å². The number of rotatable bonds is 2. The van der Waals surface area contributed by atoms with Gasteiger partial charge in [0.15, 0.2) is 11.3 Å². The molecule has 0 unspecified atom stereocenters. The Hall–Kier alpha value is -2.27. The quantitative estimate of drug-likeness (QED) is 0.506. The summed E-state index contributed by atoms with van der Waals surface area (Å²) in [5.74, 6) is -0.503. The van der Waals surface area contributed by atoms with Crippen molar-refractivity contribution in [2.24, 2.45) is 10.4 Å². The smallest absolute Gasteiger partial charge is 0.417 e. The molecule has 0 saturated carbocycles. The Kier molecular flexibility index (Phi) is 5.28. The van der Waals surface area contributed by atoms with Crippen molar-refractivity contribution < 1.29 is 23.2 Å². The van der Waals surface area contributed by atoms with E-state index in [0.717, 1.165) is 6.20 Å². The van der Waals surface area contributed by atoms with Crippen molar-refractivity contribution >= 4 is 17.4 Å². The summed E-state index contributed by atoms with van der Waals surface area (Å²) in [5, 5.41) is 18.1. The predicted molar refractivity (Wildman–Crippen MR) is 75.3 cm³/mol. The zero-order valence-corrected chi connectivity index (χ0v) is 13.2. The number of alkyl halides is 3. The molecule has 23 heavy (non-hydrogen) atoms. The molecule has 0 amide bonds. The standard InChI is InChI=1S/C14H13ClF3N3O2/c1-13(2,3)11(22)8(5-19)6-20-12-10(15)4-9(7-21(12)23)14(16,17)18/h4,6-7,23H,1-3H3. The Balaban J connectivity index is 3.42. The summed E-state index contributed by atoms with van der Waals surface area (Å²) >= 11 is 5.67. The molecule has 1 aromatic heterocycles. The van der Waals surface area contributed by atoms with Crippen molar-refractivity contribution in [2.75, 3.05) is 0 Å². The third-order valence-electron chi connectivity index (χ3n) is 2.66.